The van der Waals surface area contributed by atoms with Crippen LogP contribution in [0.4, 0.5) is 5.82 Å². The molecule has 5 nitrogen and oxygen atoms in total. The van der Waals surface area contributed by atoms with Gasteiger partial charge < -0.3 is 19.7 Å². The summed E-state index contributed by atoms with van der Waals surface area (Å²) in [5.74, 6) is 3.37. The van der Waals surface area contributed by atoms with Crippen molar-refractivity contribution in [2.24, 2.45) is 5.92 Å². The lowest BCUT2D eigenvalue weighted by Crippen LogP contribution is -2.15. The molecule has 112 valence electrons. The predicted molar refractivity (Wildman–Crippen MR) is 80.5 cm³/mol. The Morgan fingerprint density at radius 2 is 1.95 bits per heavy atom. The second-order valence-corrected chi connectivity index (χ2v) is 5.66. The van der Waals surface area contributed by atoms with Gasteiger partial charge >= 0.3 is 0 Å². The number of ether oxygens (including phenoxy) is 2. The smallest absolute Gasteiger partial charge is 0.175 e. The maximum Gasteiger partial charge on any atom is 0.175 e. The predicted octanol–water partition coefficient (Wildman–Crippen LogP) is 3.28. The van der Waals surface area contributed by atoms with E-state index >= 15 is 0 Å². The number of nitrogen functional groups attached to an aromatic ring is 1. The van der Waals surface area contributed by atoms with E-state index in [0.717, 1.165) is 41.2 Å². The number of hydrogen-bond acceptors (Lipinski definition) is 5. The van der Waals surface area contributed by atoms with E-state index in [-0.39, 0.29) is 0 Å². The van der Waals surface area contributed by atoms with Gasteiger partial charge in [0, 0.05) is 6.42 Å². The Hall–Kier alpha value is -2.17. The highest BCUT2D eigenvalue weighted by Gasteiger charge is 2.19. The largest absolute Gasteiger partial charge is 0.486 e. The zero-order chi connectivity index (χ0) is 14.8. The molecule has 5 heteroatoms. The summed E-state index contributed by atoms with van der Waals surface area (Å²) in [5.41, 5.74) is 7.80. The summed E-state index contributed by atoms with van der Waals surface area (Å²) < 4.78 is 16.6. The first-order chi connectivity index (χ1) is 10.1. The molecule has 0 spiro atoms. The molecule has 3 rings (SSSR count). The molecule has 1 aromatic carbocycles. The Morgan fingerprint density at radius 1 is 1.19 bits per heavy atom. The molecule has 0 fully saturated rings. The van der Waals surface area contributed by atoms with Crippen molar-refractivity contribution in [1.29, 1.82) is 0 Å². The number of aryl methyl sites for hydroxylation is 1. The van der Waals surface area contributed by atoms with Gasteiger partial charge in [-0.25, -0.2) is 0 Å². The van der Waals surface area contributed by atoms with Crippen molar-refractivity contribution in [3.05, 3.63) is 24.0 Å². The minimum absolute atomic E-state index is 0.422. The molecule has 2 heterocycles. The van der Waals surface area contributed by atoms with Crippen LogP contribution in [0.3, 0.4) is 0 Å². The second kappa shape index (κ2) is 5.68. The zero-order valence-electron chi connectivity index (χ0n) is 12.4. The van der Waals surface area contributed by atoms with Gasteiger partial charge in [-0.05, 0) is 30.0 Å². The van der Waals surface area contributed by atoms with E-state index in [4.69, 9.17) is 19.7 Å². The van der Waals surface area contributed by atoms with Gasteiger partial charge in [-0.3, -0.25) is 0 Å². The van der Waals surface area contributed by atoms with Gasteiger partial charge in [0.2, 0.25) is 0 Å². The van der Waals surface area contributed by atoms with Crippen molar-refractivity contribution in [3.8, 4) is 22.6 Å². The van der Waals surface area contributed by atoms with Crippen molar-refractivity contribution >= 4 is 5.82 Å². The molecule has 0 unspecified atom stereocenters. The normalized spacial score (nSPS) is 13.7. The molecule has 0 radical (unpaired) electrons. The Kier molecular flexibility index (Phi) is 3.73. The van der Waals surface area contributed by atoms with E-state index < -0.39 is 0 Å². The van der Waals surface area contributed by atoms with Crippen molar-refractivity contribution in [1.82, 2.24) is 5.16 Å². The first kappa shape index (κ1) is 13.8. The van der Waals surface area contributed by atoms with E-state index in [1.165, 1.54) is 0 Å². The van der Waals surface area contributed by atoms with E-state index in [1.54, 1.807) is 0 Å². The molecule has 1 aromatic heterocycles. The van der Waals surface area contributed by atoms with Gasteiger partial charge in [-0.15, -0.1) is 0 Å². The SMILES string of the molecule is CC(C)CCc1onc(N)c1-c1ccc2c(c1)OCCO2. The molecule has 0 bridgehead atoms. The molecule has 0 saturated heterocycles. The number of aromatic nitrogens is 1. The van der Waals surface area contributed by atoms with Gasteiger partial charge in [-0.1, -0.05) is 25.1 Å². The second-order valence-electron chi connectivity index (χ2n) is 5.66. The van der Waals surface area contributed by atoms with Crippen LogP contribution in [0, 0.1) is 5.92 Å². The van der Waals surface area contributed by atoms with Crippen LogP contribution in [0.5, 0.6) is 11.5 Å². The first-order valence-electron chi connectivity index (χ1n) is 7.29. The summed E-state index contributed by atoms with van der Waals surface area (Å²) in [4.78, 5) is 0. The standard InChI is InChI=1S/C16H20N2O3/c1-10(2)3-5-13-15(16(17)18-21-13)11-4-6-12-14(9-11)20-8-7-19-12/h4,6,9-10H,3,5,7-8H2,1-2H3,(H2,17,18). The lowest BCUT2D eigenvalue weighted by molar-refractivity contribution is 0.171. The molecular formula is C16H20N2O3. The average molecular weight is 288 g/mol. The highest BCUT2D eigenvalue weighted by Crippen LogP contribution is 2.38. The molecule has 1 aliphatic rings. The van der Waals surface area contributed by atoms with Gasteiger partial charge in [0.25, 0.3) is 0 Å². The number of nitrogens with zero attached hydrogens (tertiary/aromatic N) is 1. The summed E-state index contributed by atoms with van der Waals surface area (Å²) >= 11 is 0. The van der Waals surface area contributed by atoms with Crippen molar-refractivity contribution in [3.63, 3.8) is 0 Å². The fourth-order valence-electron chi connectivity index (χ4n) is 2.44. The first-order valence-corrected chi connectivity index (χ1v) is 7.29. The Labute approximate surface area is 124 Å². The Morgan fingerprint density at radius 3 is 2.71 bits per heavy atom. The third-order valence-electron chi connectivity index (χ3n) is 3.57. The van der Waals surface area contributed by atoms with Crippen LogP contribution >= 0.6 is 0 Å². The number of anilines is 1. The fraction of sp³-hybridized carbons (Fsp3) is 0.438. The van der Waals surface area contributed by atoms with Crippen LogP contribution in [0.1, 0.15) is 26.0 Å². The van der Waals surface area contributed by atoms with Gasteiger partial charge in [0.05, 0.1) is 5.56 Å². The highest BCUT2D eigenvalue weighted by atomic mass is 16.6. The molecule has 0 atom stereocenters. The van der Waals surface area contributed by atoms with Crippen molar-refractivity contribution in [2.45, 2.75) is 26.7 Å². The summed E-state index contributed by atoms with van der Waals surface area (Å²) in [6.07, 6.45) is 1.86. The Balaban J connectivity index is 1.94. The van der Waals surface area contributed by atoms with Crippen LogP contribution in [-0.4, -0.2) is 18.4 Å². The summed E-state index contributed by atoms with van der Waals surface area (Å²) in [6.45, 7) is 5.52. The number of benzene rings is 1. The number of fused-ring (bicyclic) bond motifs is 1. The number of rotatable bonds is 4. The monoisotopic (exact) mass is 288 g/mol. The molecule has 2 N–H and O–H groups in total. The van der Waals surface area contributed by atoms with Crippen molar-refractivity contribution in [2.75, 3.05) is 18.9 Å². The maximum atomic E-state index is 5.98. The average Bonchev–Trinajstić information content (AvgIpc) is 2.85. The van der Waals surface area contributed by atoms with Crippen LogP contribution in [0.25, 0.3) is 11.1 Å². The van der Waals surface area contributed by atoms with E-state index in [1.807, 2.05) is 18.2 Å². The minimum Gasteiger partial charge on any atom is -0.486 e. The zero-order valence-corrected chi connectivity index (χ0v) is 12.4. The molecular weight excluding hydrogens is 268 g/mol. The van der Waals surface area contributed by atoms with Crippen LogP contribution in [-0.2, 0) is 6.42 Å². The summed E-state index contributed by atoms with van der Waals surface area (Å²) in [7, 11) is 0. The summed E-state index contributed by atoms with van der Waals surface area (Å²) in [5, 5.41) is 3.91. The van der Waals surface area contributed by atoms with Crippen LogP contribution in [0.15, 0.2) is 22.7 Å². The third kappa shape index (κ3) is 2.82. The lowest BCUT2D eigenvalue weighted by Gasteiger charge is -2.18. The van der Waals surface area contributed by atoms with Crippen LogP contribution < -0.4 is 15.2 Å². The molecule has 1 aliphatic heterocycles. The van der Waals surface area contributed by atoms with Crippen LogP contribution in [0.2, 0.25) is 0 Å². The van der Waals surface area contributed by atoms with Gasteiger partial charge in [0.1, 0.15) is 19.0 Å². The molecule has 0 saturated carbocycles. The minimum atomic E-state index is 0.422. The molecule has 2 aromatic rings. The van der Waals surface area contributed by atoms with E-state index in [9.17, 15) is 0 Å². The number of hydrogen-bond donors (Lipinski definition) is 1. The Bertz CT molecular complexity index is 634. The molecule has 0 amide bonds. The fourth-order valence-corrected chi connectivity index (χ4v) is 2.44. The van der Waals surface area contributed by atoms with E-state index in [2.05, 4.69) is 19.0 Å². The van der Waals surface area contributed by atoms with E-state index in [0.29, 0.717) is 24.9 Å². The molecule has 21 heavy (non-hydrogen) atoms. The van der Waals surface area contributed by atoms with Gasteiger partial charge in [0.15, 0.2) is 17.3 Å². The van der Waals surface area contributed by atoms with Crippen molar-refractivity contribution < 1.29 is 14.0 Å². The maximum absolute atomic E-state index is 5.98. The third-order valence-corrected chi connectivity index (χ3v) is 3.57. The summed E-state index contributed by atoms with van der Waals surface area (Å²) in [6, 6.07) is 5.81. The van der Waals surface area contributed by atoms with Gasteiger partial charge in [-0.2, -0.15) is 0 Å². The quantitative estimate of drug-likeness (QED) is 0.934. The molecule has 0 aliphatic carbocycles. The lowest BCUT2D eigenvalue weighted by atomic mass is 10.00. The highest BCUT2D eigenvalue weighted by molar-refractivity contribution is 5.77. The topological polar surface area (TPSA) is 70.5 Å². The number of nitrogens with two attached hydrogens (primary N) is 1.